The number of rotatable bonds is 6. The molecule has 0 aliphatic heterocycles. The van der Waals surface area contributed by atoms with Crippen LogP contribution in [-0.4, -0.2) is 12.5 Å². The Morgan fingerprint density at radius 2 is 1.86 bits per heavy atom. The average Bonchev–Trinajstić information content (AvgIpc) is 2.51. The number of halogens is 1. The molecule has 1 N–H and O–H groups in total. The molecule has 0 spiro atoms. The van der Waals surface area contributed by atoms with E-state index in [0.29, 0.717) is 24.6 Å². The molecule has 0 saturated heterocycles. The van der Waals surface area contributed by atoms with Gasteiger partial charge in [-0.2, -0.15) is 0 Å². The molecule has 0 aliphatic carbocycles. The second-order valence-electron chi connectivity index (χ2n) is 5.20. The first-order valence-corrected chi connectivity index (χ1v) is 7.64. The second-order valence-corrected chi connectivity index (χ2v) is 5.64. The average molecular weight is 318 g/mol. The van der Waals surface area contributed by atoms with Gasteiger partial charge in [-0.1, -0.05) is 35.9 Å². The molecular formula is C18H20ClNO2. The summed E-state index contributed by atoms with van der Waals surface area (Å²) in [6.07, 6.45) is 0.334. The Hall–Kier alpha value is -2.00. The van der Waals surface area contributed by atoms with Crippen molar-refractivity contribution in [3.8, 4) is 5.75 Å². The van der Waals surface area contributed by atoms with Gasteiger partial charge in [0.15, 0.2) is 0 Å². The van der Waals surface area contributed by atoms with Gasteiger partial charge in [-0.05, 0) is 48.7 Å². The Bertz CT molecular complexity index is 638. The van der Waals surface area contributed by atoms with Crippen LogP contribution >= 0.6 is 11.6 Å². The Morgan fingerprint density at radius 1 is 1.14 bits per heavy atom. The molecule has 0 unspecified atom stereocenters. The molecule has 2 aromatic rings. The number of aryl methyl sites for hydroxylation is 1. The van der Waals surface area contributed by atoms with E-state index >= 15 is 0 Å². The van der Waals surface area contributed by atoms with Gasteiger partial charge in [0.2, 0.25) is 5.91 Å². The second kappa shape index (κ2) is 7.85. The molecule has 2 aromatic carbocycles. The zero-order valence-corrected chi connectivity index (χ0v) is 13.6. The molecule has 0 aromatic heterocycles. The molecule has 1 amide bonds. The highest BCUT2D eigenvalue weighted by Gasteiger charge is 2.05. The Labute approximate surface area is 136 Å². The fourth-order valence-electron chi connectivity index (χ4n) is 2.03. The van der Waals surface area contributed by atoms with Crippen molar-refractivity contribution >= 4 is 17.5 Å². The minimum atomic E-state index is -0.0275. The number of carbonyl (C=O) groups excluding carboxylic acids is 1. The van der Waals surface area contributed by atoms with Crippen LogP contribution < -0.4 is 10.1 Å². The van der Waals surface area contributed by atoms with Crippen LogP contribution in [0.1, 0.15) is 23.1 Å². The normalized spacial score (nSPS) is 10.3. The third kappa shape index (κ3) is 4.78. The minimum absolute atomic E-state index is 0.0275. The lowest BCUT2D eigenvalue weighted by atomic mass is 10.1. The number of nitrogens with one attached hydrogen (secondary N) is 1. The molecule has 0 fully saturated rings. The molecule has 2 rings (SSSR count). The van der Waals surface area contributed by atoms with Gasteiger partial charge in [0.05, 0.1) is 13.0 Å². The van der Waals surface area contributed by atoms with Gasteiger partial charge in [0.25, 0.3) is 0 Å². The summed E-state index contributed by atoms with van der Waals surface area (Å²) in [6, 6.07) is 13.3. The van der Waals surface area contributed by atoms with Crippen LogP contribution in [0.3, 0.4) is 0 Å². The van der Waals surface area contributed by atoms with E-state index in [1.165, 1.54) is 5.56 Å². The first kappa shape index (κ1) is 16.4. The molecule has 116 valence electrons. The highest BCUT2D eigenvalue weighted by Crippen LogP contribution is 2.20. The number of ether oxygens (including phenoxy) is 1. The van der Waals surface area contributed by atoms with Gasteiger partial charge in [-0.25, -0.2) is 0 Å². The molecule has 4 heteroatoms. The van der Waals surface area contributed by atoms with Crippen LogP contribution in [0.25, 0.3) is 0 Å². The lowest BCUT2D eigenvalue weighted by Crippen LogP contribution is -2.24. The predicted octanol–water partition coefficient (Wildman–Crippen LogP) is 4.04. The molecule has 0 heterocycles. The van der Waals surface area contributed by atoms with Gasteiger partial charge in [0.1, 0.15) is 5.75 Å². The Balaban J connectivity index is 1.74. The summed E-state index contributed by atoms with van der Waals surface area (Å²) in [5.74, 6) is 0.811. The number of carbonyl (C=O) groups is 1. The fourth-order valence-corrected chi connectivity index (χ4v) is 2.15. The lowest BCUT2D eigenvalue weighted by molar-refractivity contribution is -0.121. The van der Waals surface area contributed by atoms with Crippen molar-refractivity contribution in [3.05, 3.63) is 64.2 Å². The third-order valence-electron chi connectivity index (χ3n) is 3.54. The van der Waals surface area contributed by atoms with Gasteiger partial charge in [0, 0.05) is 11.6 Å². The predicted molar refractivity (Wildman–Crippen MR) is 89.3 cm³/mol. The van der Waals surface area contributed by atoms with Gasteiger partial charge in [-0.15, -0.1) is 0 Å². The number of amides is 1. The van der Waals surface area contributed by atoms with Gasteiger partial charge < -0.3 is 10.1 Å². The maximum Gasteiger partial charge on any atom is 0.223 e. The van der Waals surface area contributed by atoms with Crippen molar-refractivity contribution in [2.75, 3.05) is 6.61 Å². The molecule has 0 atom stereocenters. The molecule has 0 saturated carbocycles. The molecule has 22 heavy (non-hydrogen) atoms. The summed E-state index contributed by atoms with van der Waals surface area (Å²) in [4.78, 5) is 11.8. The molecular weight excluding hydrogens is 298 g/mol. The number of benzene rings is 2. The van der Waals surface area contributed by atoms with E-state index in [0.717, 1.165) is 16.9 Å². The van der Waals surface area contributed by atoms with E-state index in [-0.39, 0.29) is 5.91 Å². The van der Waals surface area contributed by atoms with Crippen molar-refractivity contribution in [1.82, 2.24) is 5.32 Å². The summed E-state index contributed by atoms with van der Waals surface area (Å²) in [5, 5.41) is 3.56. The van der Waals surface area contributed by atoms with Crippen molar-refractivity contribution in [2.45, 2.75) is 26.8 Å². The van der Waals surface area contributed by atoms with Crippen LogP contribution in [0, 0.1) is 13.8 Å². The summed E-state index contributed by atoms with van der Waals surface area (Å²) in [6.45, 7) is 4.93. The topological polar surface area (TPSA) is 38.3 Å². The van der Waals surface area contributed by atoms with E-state index in [1.54, 1.807) is 0 Å². The smallest absolute Gasteiger partial charge is 0.223 e. The highest BCUT2D eigenvalue weighted by atomic mass is 35.5. The largest absolute Gasteiger partial charge is 0.493 e. The van der Waals surface area contributed by atoms with Crippen LogP contribution in [0.15, 0.2) is 42.5 Å². The van der Waals surface area contributed by atoms with E-state index in [9.17, 15) is 4.79 Å². The summed E-state index contributed by atoms with van der Waals surface area (Å²) >= 11 is 5.82. The SMILES string of the molecule is Cc1cccc(OCCC(=O)NCc2ccc(Cl)cc2)c1C. The van der Waals surface area contributed by atoms with Crippen molar-refractivity contribution in [2.24, 2.45) is 0 Å². The van der Waals surface area contributed by atoms with Crippen molar-refractivity contribution < 1.29 is 9.53 Å². The van der Waals surface area contributed by atoms with E-state index in [4.69, 9.17) is 16.3 Å². The standard InChI is InChI=1S/C18H20ClNO2/c1-13-4-3-5-17(14(13)2)22-11-10-18(21)20-12-15-6-8-16(19)9-7-15/h3-9H,10-12H2,1-2H3,(H,20,21). The molecule has 3 nitrogen and oxygen atoms in total. The maximum absolute atomic E-state index is 11.8. The van der Waals surface area contributed by atoms with Gasteiger partial charge >= 0.3 is 0 Å². The van der Waals surface area contributed by atoms with Crippen LogP contribution in [0.4, 0.5) is 0 Å². The van der Waals surface area contributed by atoms with Crippen molar-refractivity contribution in [1.29, 1.82) is 0 Å². The fraction of sp³-hybridized carbons (Fsp3) is 0.278. The van der Waals surface area contributed by atoms with Crippen LogP contribution in [0.2, 0.25) is 5.02 Å². The number of hydrogen-bond donors (Lipinski definition) is 1. The molecule has 0 aliphatic rings. The van der Waals surface area contributed by atoms with Gasteiger partial charge in [-0.3, -0.25) is 4.79 Å². The first-order valence-electron chi connectivity index (χ1n) is 7.26. The van der Waals surface area contributed by atoms with Crippen LogP contribution in [-0.2, 0) is 11.3 Å². The highest BCUT2D eigenvalue weighted by molar-refractivity contribution is 6.30. The monoisotopic (exact) mass is 317 g/mol. The first-order chi connectivity index (χ1) is 10.6. The Morgan fingerprint density at radius 3 is 2.59 bits per heavy atom. The summed E-state index contributed by atoms with van der Waals surface area (Å²) in [5.41, 5.74) is 3.32. The maximum atomic E-state index is 11.8. The summed E-state index contributed by atoms with van der Waals surface area (Å²) < 4.78 is 5.68. The zero-order chi connectivity index (χ0) is 15.9. The van der Waals surface area contributed by atoms with E-state index in [1.807, 2.05) is 56.3 Å². The van der Waals surface area contributed by atoms with E-state index in [2.05, 4.69) is 5.32 Å². The minimum Gasteiger partial charge on any atom is -0.493 e. The van der Waals surface area contributed by atoms with Crippen molar-refractivity contribution in [3.63, 3.8) is 0 Å². The number of hydrogen-bond acceptors (Lipinski definition) is 2. The zero-order valence-electron chi connectivity index (χ0n) is 12.9. The summed E-state index contributed by atoms with van der Waals surface area (Å²) in [7, 11) is 0. The van der Waals surface area contributed by atoms with E-state index < -0.39 is 0 Å². The third-order valence-corrected chi connectivity index (χ3v) is 3.80. The quantitative estimate of drug-likeness (QED) is 0.873. The van der Waals surface area contributed by atoms with Crippen LogP contribution in [0.5, 0.6) is 5.75 Å². The molecule has 0 bridgehead atoms. The molecule has 0 radical (unpaired) electrons. The Kier molecular flexibility index (Phi) is 5.84. The lowest BCUT2D eigenvalue weighted by Gasteiger charge is -2.11.